The molecule has 0 N–H and O–H groups in total. The molecule has 0 saturated heterocycles. The van der Waals surface area contributed by atoms with Crippen LogP contribution in [-0.4, -0.2) is 25.0 Å². The van der Waals surface area contributed by atoms with Crippen LogP contribution in [0.2, 0.25) is 0 Å². The smallest absolute Gasteiger partial charge is 0.212 e. The monoisotopic (exact) mass is 150 g/mol. The van der Waals surface area contributed by atoms with Crippen LogP contribution in [0.25, 0.3) is 0 Å². The van der Waals surface area contributed by atoms with Gasteiger partial charge in [0, 0.05) is 14.1 Å². The molecule has 0 atom stereocenters. The molecular weight excluding hydrogens is 138 g/mol. The first-order valence-electron chi connectivity index (χ1n) is 2.67. The molecule has 0 saturated carbocycles. The fourth-order valence-corrected chi connectivity index (χ4v) is 1.08. The van der Waals surface area contributed by atoms with Crippen molar-refractivity contribution in [3.8, 4) is 0 Å². The third kappa shape index (κ3) is 1.95. The second-order valence-corrected chi connectivity index (χ2v) is 4.79. The Balaban J connectivity index is 4.42. The Morgan fingerprint density at radius 1 is 1.44 bits per heavy atom. The van der Waals surface area contributed by atoms with E-state index in [0.29, 0.717) is 0 Å². The van der Waals surface area contributed by atoms with Crippen molar-refractivity contribution >= 4 is 10.0 Å². The number of sulfonamides is 1. The number of hydrogen-bond acceptors (Lipinski definition) is 2. The van der Waals surface area contributed by atoms with Crippen LogP contribution in [0.15, 0.2) is 0 Å². The second-order valence-electron chi connectivity index (χ2n) is 2.19. The highest BCUT2D eigenvalue weighted by molar-refractivity contribution is 7.89. The first-order valence-corrected chi connectivity index (χ1v) is 4.17. The maximum absolute atomic E-state index is 10.9. The van der Waals surface area contributed by atoms with Gasteiger partial charge in [-0.1, -0.05) is 0 Å². The average Bonchev–Trinajstić information content (AvgIpc) is 1.65. The van der Waals surface area contributed by atoms with Crippen molar-refractivity contribution in [3.63, 3.8) is 0 Å². The molecule has 0 aromatic heterocycles. The van der Waals surface area contributed by atoms with Crippen LogP contribution in [0.1, 0.15) is 13.8 Å². The van der Waals surface area contributed by atoms with E-state index >= 15 is 0 Å². The van der Waals surface area contributed by atoms with Crippen LogP contribution >= 0.6 is 0 Å². The minimum Gasteiger partial charge on any atom is -0.212 e. The molecule has 0 rings (SSSR count). The van der Waals surface area contributed by atoms with Gasteiger partial charge in [0.15, 0.2) is 0 Å². The minimum atomic E-state index is -3.09. The van der Waals surface area contributed by atoms with Gasteiger partial charge in [-0.15, -0.1) is 0 Å². The maximum Gasteiger partial charge on any atom is 0.216 e. The lowest BCUT2D eigenvalue weighted by molar-refractivity contribution is 0.527. The van der Waals surface area contributed by atoms with E-state index in [1.165, 1.54) is 7.05 Å². The van der Waals surface area contributed by atoms with Crippen molar-refractivity contribution in [1.29, 1.82) is 0 Å². The fraction of sp³-hybridized carbons (Fsp3) is 0.800. The fourth-order valence-electron chi connectivity index (χ4n) is 0.360. The SMILES string of the molecule is [CH2]N(C)S(=O)(=O)C(C)C. The van der Waals surface area contributed by atoms with Gasteiger partial charge >= 0.3 is 0 Å². The summed E-state index contributed by atoms with van der Waals surface area (Å²) in [5.74, 6) is 0. The van der Waals surface area contributed by atoms with Gasteiger partial charge < -0.3 is 0 Å². The molecule has 1 radical (unpaired) electrons. The molecule has 0 aliphatic rings. The van der Waals surface area contributed by atoms with Crippen molar-refractivity contribution in [1.82, 2.24) is 4.31 Å². The molecule has 0 spiro atoms. The molecule has 0 aromatic carbocycles. The van der Waals surface area contributed by atoms with Gasteiger partial charge in [-0.3, -0.25) is 0 Å². The summed E-state index contributed by atoms with van der Waals surface area (Å²) in [6, 6.07) is 0. The molecule has 0 heterocycles. The van der Waals surface area contributed by atoms with Crippen LogP contribution in [0.3, 0.4) is 0 Å². The summed E-state index contributed by atoms with van der Waals surface area (Å²) in [5, 5.41) is -0.375. The van der Waals surface area contributed by atoms with E-state index in [0.717, 1.165) is 4.31 Å². The highest BCUT2D eigenvalue weighted by Crippen LogP contribution is 2.02. The summed E-state index contributed by atoms with van der Waals surface area (Å²) in [6.07, 6.45) is 0. The van der Waals surface area contributed by atoms with Crippen LogP contribution < -0.4 is 0 Å². The molecule has 55 valence electrons. The van der Waals surface area contributed by atoms with Gasteiger partial charge in [0.25, 0.3) is 0 Å². The maximum atomic E-state index is 10.9. The summed E-state index contributed by atoms with van der Waals surface area (Å²) < 4.78 is 22.8. The molecule has 3 nitrogen and oxygen atoms in total. The predicted octanol–water partition coefficient (Wildman–Crippen LogP) is 0.448. The molecule has 9 heavy (non-hydrogen) atoms. The zero-order valence-corrected chi connectivity index (χ0v) is 6.77. The Labute approximate surface area is 56.7 Å². The normalized spacial score (nSPS) is 13.1. The molecule has 0 aliphatic heterocycles. The van der Waals surface area contributed by atoms with E-state index in [1.54, 1.807) is 13.8 Å². The number of hydrogen-bond donors (Lipinski definition) is 0. The van der Waals surface area contributed by atoms with E-state index in [1.807, 2.05) is 0 Å². The van der Waals surface area contributed by atoms with Gasteiger partial charge in [-0.25, -0.2) is 12.7 Å². The first-order chi connectivity index (χ1) is 3.89. The average molecular weight is 150 g/mol. The van der Waals surface area contributed by atoms with Gasteiger partial charge in [0.1, 0.15) is 0 Å². The number of nitrogens with zero attached hydrogens (tertiary/aromatic N) is 1. The predicted molar refractivity (Wildman–Crippen MR) is 37.2 cm³/mol. The third-order valence-corrected chi connectivity index (χ3v) is 3.09. The highest BCUT2D eigenvalue weighted by Gasteiger charge is 2.17. The summed E-state index contributed by atoms with van der Waals surface area (Å²) >= 11 is 0. The molecule has 0 fully saturated rings. The van der Waals surface area contributed by atoms with E-state index in [2.05, 4.69) is 7.05 Å². The van der Waals surface area contributed by atoms with Crippen molar-refractivity contribution in [2.45, 2.75) is 19.1 Å². The molecular formula is C5H12NO2S. The summed E-state index contributed by atoms with van der Waals surface area (Å²) in [4.78, 5) is 0. The van der Waals surface area contributed by atoms with Gasteiger partial charge in [0.05, 0.1) is 5.25 Å². The zero-order valence-electron chi connectivity index (χ0n) is 5.96. The first kappa shape index (κ1) is 8.91. The Morgan fingerprint density at radius 2 is 1.78 bits per heavy atom. The van der Waals surface area contributed by atoms with Crippen LogP contribution in [-0.2, 0) is 10.0 Å². The van der Waals surface area contributed by atoms with Gasteiger partial charge in [0.2, 0.25) is 10.0 Å². The van der Waals surface area contributed by atoms with E-state index in [4.69, 9.17) is 0 Å². The van der Waals surface area contributed by atoms with Gasteiger partial charge in [-0.05, 0) is 13.8 Å². The summed E-state index contributed by atoms with van der Waals surface area (Å²) in [5.41, 5.74) is 0. The highest BCUT2D eigenvalue weighted by atomic mass is 32.2. The largest absolute Gasteiger partial charge is 0.216 e. The van der Waals surface area contributed by atoms with Crippen molar-refractivity contribution in [2.75, 3.05) is 7.05 Å². The number of rotatable bonds is 2. The van der Waals surface area contributed by atoms with Crippen molar-refractivity contribution < 1.29 is 8.42 Å². The minimum absolute atomic E-state index is 0.375. The lowest BCUT2D eigenvalue weighted by Gasteiger charge is -2.13. The summed E-state index contributed by atoms with van der Waals surface area (Å²) in [7, 11) is 1.61. The molecule has 0 aliphatic carbocycles. The second kappa shape index (κ2) is 2.66. The van der Waals surface area contributed by atoms with Crippen LogP contribution in [0.5, 0.6) is 0 Å². The lowest BCUT2D eigenvalue weighted by Crippen LogP contribution is -2.27. The Bertz CT molecular complexity index is 155. The topological polar surface area (TPSA) is 37.4 Å². The molecule has 0 bridgehead atoms. The quantitative estimate of drug-likeness (QED) is 0.573. The Morgan fingerprint density at radius 3 is 1.78 bits per heavy atom. The van der Waals surface area contributed by atoms with Crippen molar-refractivity contribution in [2.24, 2.45) is 0 Å². The van der Waals surface area contributed by atoms with E-state index in [-0.39, 0.29) is 5.25 Å². The molecule has 0 unspecified atom stereocenters. The van der Waals surface area contributed by atoms with Gasteiger partial charge in [-0.2, -0.15) is 0 Å². The van der Waals surface area contributed by atoms with E-state index < -0.39 is 10.0 Å². The van der Waals surface area contributed by atoms with E-state index in [9.17, 15) is 8.42 Å². The van der Waals surface area contributed by atoms with Crippen molar-refractivity contribution in [3.05, 3.63) is 7.05 Å². The van der Waals surface area contributed by atoms with Crippen LogP contribution in [0.4, 0.5) is 0 Å². The standard InChI is InChI=1S/C5H12NO2S/c1-5(2)9(7,8)6(3)4/h5H,3H2,1-2,4H3. The summed E-state index contributed by atoms with van der Waals surface area (Å²) in [6.45, 7) is 3.24. The van der Waals surface area contributed by atoms with Crippen LogP contribution in [0, 0.1) is 7.05 Å². The Hall–Kier alpha value is -0.0900. The third-order valence-electron chi connectivity index (χ3n) is 1.03. The lowest BCUT2D eigenvalue weighted by atomic mass is 10.6. The molecule has 0 aromatic rings. The zero-order chi connectivity index (χ0) is 7.65. The Kier molecular flexibility index (Phi) is 2.64. The molecule has 0 amide bonds. The molecule has 4 heteroatoms.